The summed E-state index contributed by atoms with van der Waals surface area (Å²) < 4.78 is 4.92. The summed E-state index contributed by atoms with van der Waals surface area (Å²) in [4.78, 5) is 11.0. The summed E-state index contributed by atoms with van der Waals surface area (Å²) in [6, 6.07) is 0. The first-order chi connectivity index (χ1) is 5.24. The maximum atomic E-state index is 11.1. The van der Waals surface area contributed by atoms with Crippen molar-refractivity contribution in [2.45, 2.75) is 39.4 Å². The molecule has 0 aliphatic rings. The fourth-order valence-corrected chi connectivity index (χ4v) is 0.541. The van der Waals surface area contributed by atoms with E-state index in [1.165, 1.54) is 6.92 Å². The van der Waals surface area contributed by atoms with Gasteiger partial charge in [0.05, 0.1) is 6.10 Å². The Balaban J connectivity index is 4.15. The molecule has 70 valence electrons. The van der Waals surface area contributed by atoms with Crippen molar-refractivity contribution in [1.29, 1.82) is 0 Å². The van der Waals surface area contributed by atoms with Crippen LogP contribution in [0.15, 0.2) is 0 Å². The molecule has 0 aromatic heterocycles. The molecule has 0 aromatic carbocycles. The Morgan fingerprint density at radius 1 is 1.50 bits per heavy atom. The molecule has 0 fully saturated rings. The van der Waals surface area contributed by atoms with Crippen molar-refractivity contribution in [3.63, 3.8) is 0 Å². The maximum absolute atomic E-state index is 11.1. The number of esters is 1. The molecule has 0 aliphatic heterocycles. The van der Waals surface area contributed by atoms with E-state index in [-0.39, 0.29) is 4.86 Å². The SMILES string of the molecule is CC(O)C(=S)C(=O)OC(C)(C)C. The summed E-state index contributed by atoms with van der Waals surface area (Å²) in [5.41, 5.74) is -0.559. The van der Waals surface area contributed by atoms with Crippen LogP contribution in [0.2, 0.25) is 0 Å². The molecule has 0 saturated carbocycles. The summed E-state index contributed by atoms with van der Waals surface area (Å²) in [6.07, 6.45) is -0.921. The number of aliphatic hydroxyl groups excluding tert-OH is 1. The van der Waals surface area contributed by atoms with E-state index in [0.717, 1.165) is 0 Å². The topological polar surface area (TPSA) is 46.5 Å². The Bertz CT molecular complexity index is 191. The van der Waals surface area contributed by atoms with Gasteiger partial charge in [0.1, 0.15) is 10.5 Å². The van der Waals surface area contributed by atoms with Gasteiger partial charge in [-0.1, -0.05) is 12.2 Å². The Kier molecular flexibility index (Phi) is 3.80. The molecule has 1 unspecified atom stereocenters. The second kappa shape index (κ2) is 3.96. The summed E-state index contributed by atoms with van der Waals surface area (Å²) in [5.74, 6) is -0.618. The molecular formula is C8H14O3S. The lowest BCUT2D eigenvalue weighted by molar-refractivity contribution is -0.146. The van der Waals surface area contributed by atoms with Gasteiger partial charge < -0.3 is 9.84 Å². The molecule has 0 aliphatic carbocycles. The van der Waals surface area contributed by atoms with Crippen LogP contribution in [-0.2, 0) is 9.53 Å². The first kappa shape index (κ1) is 11.5. The van der Waals surface area contributed by atoms with Gasteiger partial charge in [0.15, 0.2) is 0 Å². The molecule has 0 amide bonds. The number of rotatable bonds is 2. The second-order valence-corrected chi connectivity index (χ2v) is 3.98. The number of hydrogen-bond acceptors (Lipinski definition) is 4. The van der Waals surface area contributed by atoms with E-state index >= 15 is 0 Å². The van der Waals surface area contributed by atoms with Gasteiger partial charge >= 0.3 is 5.97 Å². The van der Waals surface area contributed by atoms with Crippen molar-refractivity contribution in [2.24, 2.45) is 0 Å². The molecule has 0 radical (unpaired) electrons. The first-order valence-electron chi connectivity index (χ1n) is 3.69. The number of carbonyl (C=O) groups is 1. The van der Waals surface area contributed by atoms with Crippen LogP contribution >= 0.6 is 12.2 Å². The van der Waals surface area contributed by atoms with E-state index in [2.05, 4.69) is 12.2 Å². The number of carbonyl (C=O) groups excluding carboxylic acids is 1. The summed E-state index contributed by atoms with van der Waals surface area (Å²) in [7, 11) is 0. The number of thiocarbonyl (C=S) groups is 1. The molecule has 0 rings (SSSR count). The fourth-order valence-electron chi connectivity index (χ4n) is 0.499. The smallest absolute Gasteiger partial charge is 0.348 e. The minimum Gasteiger partial charge on any atom is -0.456 e. The highest BCUT2D eigenvalue weighted by Gasteiger charge is 2.22. The Morgan fingerprint density at radius 2 is 1.92 bits per heavy atom. The van der Waals surface area contributed by atoms with E-state index in [1.807, 2.05) is 0 Å². The molecule has 1 N–H and O–H groups in total. The zero-order chi connectivity index (χ0) is 9.94. The highest BCUT2D eigenvalue weighted by atomic mass is 32.1. The maximum Gasteiger partial charge on any atom is 0.348 e. The standard InChI is InChI=1S/C8H14O3S/c1-5(9)6(12)7(10)11-8(2,3)4/h5,9H,1-4H3. The molecule has 4 heteroatoms. The van der Waals surface area contributed by atoms with Gasteiger partial charge in [0.2, 0.25) is 0 Å². The van der Waals surface area contributed by atoms with Crippen LogP contribution in [0.5, 0.6) is 0 Å². The third-order valence-corrected chi connectivity index (χ3v) is 1.49. The third kappa shape index (κ3) is 4.41. The zero-order valence-electron chi connectivity index (χ0n) is 7.75. The quantitative estimate of drug-likeness (QED) is 0.523. The van der Waals surface area contributed by atoms with E-state index < -0.39 is 17.7 Å². The van der Waals surface area contributed by atoms with Gasteiger partial charge in [-0.25, -0.2) is 4.79 Å². The normalized spacial score (nSPS) is 13.8. The molecule has 0 saturated heterocycles. The van der Waals surface area contributed by atoms with Crippen LogP contribution in [0.4, 0.5) is 0 Å². The predicted molar refractivity (Wildman–Crippen MR) is 50.1 cm³/mol. The predicted octanol–water partition coefficient (Wildman–Crippen LogP) is 1.08. The van der Waals surface area contributed by atoms with Gasteiger partial charge in [-0.15, -0.1) is 0 Å². The van der Waals surface area contributed by atoms with Crippen LogP contribution in [0.25, 0.3) is 0 Å². The second-order valence-electron chi connectivity index (χ2n) is 3.54. The monoisotopic (exact) mass is 190 g/mol. The van der Waals surface area contributed by atoms with Gasteiger partial charge in [-0.3, -0.25) is 0 Å². The van der Waals surface area contributed by atoms with Crippen LogP contribution in [-0.4, -0.2) is 27.6 Å². The third-order valence-electron chi connectivity index (χ3n) is 0.980. The molecule has 1 atom stereocenters. The molecule has 0 spiro atoms. The average molecular weight is 190 g/mol. The Hall–Kier alpha value is -0.480. The van der Waals surface area contributed by atoms with Crippen LogP contribution in [0.1, 0.15) is 27.7 Å². The zero-order valence-corrected chi connectivity index (χ0v) is 8.57. The highest BCUT2D eigenvalue weighted by Crippen LogP contribution is 2.08. The van der Waals surface area contributed by atoms with Crippen molar-refractivity contribution in [3.8, 4) is 0 Å². The number of hydrogen-bond donors (Lipinski definition) is 1. The minimum atomic E-state index is -0.921. The van der Waals surface area contributed by atoms with Gasteiger partial charge in [0, 0.05) is 0 Å². The minimum absolute atomic E-state index is 0.0788. The number of ether oxygens (including phenoxy) is 1. The first-order valence-corrected chi connectivity index (χ1v) is 4.10. The molecule has 12 heavy (non-hydrogen) atoms. The lowest BCUT2D eigenvalue weighted by Crippen LogP contribution is -2.32. The summed E-state index contributed by atoms with van der Waals surface area (Å²) in [6.45, 7) is 6.67. The summed E-state index contributed by atoms with van der Waals surface area (Å²) >= 11 is 4.64. The molecular weight excluding hydrogens is 176 g/mol. The highest BCUT2D eigenvalue weighted by molar-refractivity contribution is 7.82. The molecule has 3 nitrogen and oxygen atoms in total. The van der Waals surface area contributed by atoms with E-state index in [0.29, 0.717) is 0 Å². The van der Waals surface area contributed by atoms with Crippen molar-refractivity contribution >= 4 is 23.1 Å². The summed E-state index contributed by atoms with van der Waals surface area (Å²) in [5, 5.41) is 8.95. The molecule has 0 bridgehead atoms. The largest absolute Gasteiger partial charge is 0.456 e. The van der Waals surface area contributed by atoms with Gasteiger partial charge in [0.25, 0.3) is 0 Å². The van der Waals surface area contributed by atoms with E-state index in [9.17, 15) is 4.79 Å². The van der Waals surface area contributed by atoms with Gasteiger partial charge in [-0.2, -0.15) is 0 Å². The van der Waals surface area contributed by atoms with Crippen molar-refractivity contribution in [1.82, 2.24) is 0 Å². The van der Waals surface area contributed by atoms with Crippen LogP contribution < -0.4 is 0 Å². The number of aliphatic hydroxyl groups is 1. The lowest BCUT2D eigenvalue weighted by atomic mass is 10.2. The van der Waals surface area contributed by atoms with Crippen LogP contribution in [0.3, 0.4) is 0 Å². The van der Waals surface area contributed by atoms with E-state index in [1.54, 1.807) is 20.8 Å². The lowest BCUT2D eigenvalue weighted by Gasteiger charge is -2.20. The van der Waals surface area contributed by atoms with Crippen LogP contribution in [0, 0.1) is 0 Å². The fraction of sp³-hybridized carbons (Fsp3) is 0.750. The average Bonchev–Trinajstić information content (AvgIpc) is 1.82. The Labute approximate surface area is 77.7 Å². The van der Waals surface area contributed by atoms with Crippen molar-refractivity contribution in [3.05, 3.63) is 0 Å². The van der Waals surface area contributed by atoms with E-state index in [4.69, 9.17) is 9.84 Å². The van der Waals surface area contributed by atoms with Gasteiger partial charge in [-0.05, 0) is 27.7 Å². The Morgan fingerprint density at radius 3 is 2.17 bits per heavy atom. The molecule has 0 aromatic rings. The van der Waals surface area contributed by atoms with Crippen molar-refractivity contribution in [2.75, 3.05) is 0 Å². The molecule has 0 heterocycles. The van der Waals surface area contributed by atoms with Crippen molar-refractivity contribution < 1.29 is 14.6 Å².